The highest BCUT2D eigenvalue weighted by molar-refractivity contribution is 7.80. The molecule has 1 heterocycles. The molecule has 0 fully saturated rings. The monoisotopic (exact) mass is 501 g/mol. The van der Waals surface area contributed by atoms with Crippen LogP contribution in [-0.2, 0) is 22.5 Å². The highest BCUT2D eigenvalue weighted by atomic mass is 32.2. The zero-order valence-electron chi connectivity index (χ0n) is 20.4. The Morgan fingerprint density at radius 2 is 1.56 bits per heavy atom. The largest absolute Gasteiger partial charge is 0.755 e. The molecule has 0 spiro atoms. The maximum absolute atomic E-state index is 12.8. The zero-order chi connectivity index (χ0) is 25.7. The van der Waals surface area contributed by atoms with Gasteiger partial charge in [-0.1, -0.05) is 87.5 Å². The van der Waals surface area contributed by atoms with E-state index in [1.165, 1.54) is 0 Å². The molecule has 1 unspecified atom stereocenters. The number of benzene rings is 3. The number of carbonyl (C=O) groups is 1. The lowest BCUT2D eigenvalue weighted by atomic mass is 9.94. The second-order valence-electron chi connectivity index (χ2n) is 9.64. The molecule has 0 aliphatic rings. The number of aromatic amines is 1. The molecule has 1 amide bonds. The van der Waals surface area contributed by atoms with Crippen molar-refractivity contribution in [2.24, 2.45) is 5.41 Å². The van der Waals surface area contributed by atoms with E-state index in [9.17, 15) is 13.6 Å². The molecular formula is C28H29N4O3S-. The van der Waals surface area contributed by atoms with Crippen LogP contribution in [0.5, 0.6) is 0 Å². The quantitative estimate of drug-likeness (QED) is 0.281. The fourth-order valence-electron chi connectivity index (χ4n) is 3.76. The normalized spacial score (nSPS) is 13.1. The number of H-pyrrole nitrogens is 1. The maximum Gasteiger partial charge on any atom is 0.225 e. The minimum Gasteiger partial charge on any atom is -0.755 e. The Hall–Kier alpha value is -3.75. The van der Waals surface area contributed by atoms with Gasteiger partial charge in [-0.05, 0) is 40.8 Å². The molecule has 7 nitrogen and oxygen atoms in total. The van der Waals surface area contributed by atoms with Crippen LogP contribution in [0.25, 0.3) is 22.4 Å². The number of anilines is 1. The summed E-state index contributed by atoms with van der Waals surface area (Å²) in [5, 5.41) is 3.12. The summed E-state index contributed by atoms with van der Waals surface area (Å²) in [6, 6.07) is 25.1. The van der Waals surface area contributed by atoms with Gasteiger partial charge in [0.25, 0.3) is 0 Å². The van der Waals surface area contributed by atoms with E-state index in [0.29, 0.717) is 17.9 Å². The first-order valence-corrected chi connectivity index (χ1v) is 12.7. The van der Waals surface area contributed by atoms with E-state index < -0.39 is 16.7 Å². The standard InChI is InChI=1S/C28H30N4O3S/c1-28(2,3)27(33)31-24(17-19-9-15-23(16-10-19)32-36(34)35)26-29-18-25(30-26)22-13-11-21(12-14-22)20-7-5-4-6-8-20/h4-16,18,24,32H,17H2,1-3H3,(H,29,30)(H,31,33)(H,34,35)/p-1/t24-/m0/s1. The molecule has 0 radical (unpaired) electrons. The third kappa shape index (κ3) is 6.47. The minimum absolute atomic E-state index is 0.0855. The molecule has 186 valence electrons. The summed E-state index contributed by atoms with van der Waals surface area (Å²) in [4.78, 5) is 20.8. The van der Waals surface area contributed by atoms with Crippen LogP contribution in [0.15, 0.2) is 85.1 Å². The van der Waals surface area contributed by atoms with Gasteiger partial charge in [-0.25, -0.2) is 4.98 Å². The number of nitrogens with zero attached hydrogens (tertiary/aromatic N) is 1. The Kier molecular flexibility index (Phi) is 7.67. The topological polar surface area (TPSA) is 110 Å². The molecule has 3 aromatic carbocycles. The summed E-state index contributed by atoms with van der Waals surface area (Å²) in [5.74, 6) is 0.565. The van der Waals surface area contributed by atoms with Crippen molar-refractivity contribution < 1.29 is 13.6 Å². The number of aromatic nitrogens is 2. The number of nitrogens with one attached hydrogen (secondary N) is 3. The molecule has 3 N–H and O–H groups in total. The van der Waals surface area contributed by atoms with E-state index in [2.05, 4.69) is 44.3 Å². The van der Waals surface area contributed by atoms with Crippen LogP contribution in [0.1, 0.15) is 38.2 Å². The first-order chi connectivity index (χ1) is 17.2. The van der Waals surface area contributed by atoms with Gasteiger partial charge in [0.05, 0.1) is 17.9 Å². The van der Waals surface area contributed by atoms with Crippen LogP contribution in [-0.4, -0.2) is 24.6 Å². The Labute approximate surface area is 213 Å². The van der Waals surface area contributed by atoms with Crippen molar-refractivity contribution >= 4 is 22.9 Å². The summed E-state index contributed by atoms with van der Waals surface area (Å²) < 4.78 is 24.1. The predicted molar refractivity (Wildman–Crippen MR) is 142 cm³/mol. The molecule has 2 atom stereocenters. The van der Waals surface area contributed by atoms with Crippen molar-refractivity contribution in [2.75, 3.05) is 4.72 Å². The van der Waals surface area contributed by atoms with Crippen molar-refractivity contribution in [2.45, 2.75) is 33.2 Å². The van der Waals surface area contributed by atoms with Gasteiger partial charge in [0.1, 0.15) is 5.82 Å². The van der Waals surface area contributed by atoms with Crippen molar-refractivity contribution in [1.29, 1.82) is 0 Å². The van der Waals surface area contributed by atoms with Crippen molar-refractivity contribution in [3.63, 3.8) is 0 Å². The summed E-state index contributed by atoms with van der Waals surface area (Å²) in [7, 11) is 0. The van der Waals surface area contributed by atoms with Crippen molar-refractivity contribution in [3.05, 3.63) is 96.4 Å². The van der Waals surface area contributed by atoms with Crippen LogP contribution < -0.4 is 10.0 Å². The van der Waals surface area contributed by atoms with Crippen molar-refractivity contribution in [1.82, 2.24) is 15.3 Å². The minimum atomic E-state index is -2.38. The smallest absolute Gasteiger partial charge is 0.225 e. The average molecular weight is 502 g/mol. The van der Waals surface area contributed by atoms with Crippen LogP contribution in [0.3, 0.4) is 0 Å². The molecule has 0 saturated carbocycles. The first-order valence-electron chi connectivity index (χ1n) is 11.7. The molecule has 4 aromatic rings. The SMILES string of the molecule is CC(C)(C)C(=O)N[C@@H](Cc1ccc(NS(=O)[O-])cc1)c1ncc(-c2ccc(-c3ccccc3)cc2)[nH]1. The van der Waals surface area contributed by atoms with Gasteiger partial charge in [0, 0.05) is 22.4 Å². The van der Waals surface area contributed by atoms with Gasteiger partial charge in [-0.15, -0.1) is 0 Å². The lowest BCUT2D eigenvalue weighted by Gasteiger charge is -2.23. The fourth-order valence-corrected chi connectivity index (χ4v) is 4.09. The Morgan fingerprint density at radius 3 is 2.17 bits per heavy atom. The molecular weight excluding hydrogens is 472 g/mol. The van der Waals surface area contributed by atoms with Crippen LogP contribution in [0.4, 0.5) is 5.69 Å². The molecule has 0 aliphatic heterocycles. The zero-order valence-corrected chi connectivity index (χ0v) is 21.3. The van der Waals surface area contributed by atoms with E-state index in [1.54, 1.807) is 18.3 Å². The van der Waals surface area contributed by atoms with Gasteiger partial charge in [-0.3, -0.25) is 9.00 Å². The van der Waals surface area contributed by atoms with Gasteiger partial charge in [0.2, 0.25) is 5.91 Å². The lowest BCUT2D eigenvalue weighted by molar-refractivity contribution is -0.129. The van der Waals surface area contributed by atoms with Crippen LogP contribution >= 0.6 is 0 Å². The Bertz CT molecular complexity index is 1330. The Morgan fingerprint density at radius 1 is 0.944 bits per heavy atom. The van der Waals surface area contributed by atoms with Crippen molar-refractivity contribution in [3.8, 4) is 22.4 Å². The number of carbonyl (C=O) groups excluding carboxylic acids is 1. The van der Waals surface area contributed by atoms with E-state index in [4.69, 9.17) is 0 Å². The fraction of sp³-hybridized carbons (Fsp3) is 0.214. The highest BCUT2D eigenvalue weighted by Crippen LogP contribution is 2.26. The van der Waals surface area contributed by atoms with E-state index in [0.717, 1.165) is 27.9 Å². The van der Waals surface area contributed by atoms with Crippen LogP contribution in [0.2, 0.25) is 0 Å². The van der Waals surface area contributed by atoms with E-state index in [1.807, 2.05) is 63.2 Å². The summed E-state index contributed by atoms with van der Waals surface area (Å²) in [6.45, 7) is 5.60. The number of imidazole rings is 1. The van der Waals surface area contributed by atoms with Gasteiger partial charge in [-0.2, -0.15) is 0 Å². The number of hydrogen-bond donors (Lipinski definition) is 3. The molecule has 0 aliphatic carbocycles. The second-order valence-corrected chi connectivity index (χ2v) is 10.3. The lowest BCUT2D eigenvalue weighted by Crippen LogP contribution is -2.38. The average Bonchev–Trinajstić information content (AvgIpc) is 3.35. The third-order valence-corrected chi connectivity index (χ3v) is 6.21. The molecule has 0 bridgehead atoms. The Balaban J connectivity index is 1.56. The number of hydrogen-bond acceptors (Lipinski definition) is 4. The van der Waals surface area contributed by atoms with E-state index >= 15 is 0 Å². The summed E-state index contributed by atoms with van der Waals surface area (Å²) in [6.07, 6.45) is 2.27. The number of amides is 1. The van der Waals surface area contributed by atoms with E-state index in [-0.39, 0.29) is 11.9 Å². The molecule has 4 rings (SSSR count). The first kappa shape index (κ1) is 25.3. The second kappa shape index (κ2) is 10.9. The molecule has 0 saturated heterocycles. The molecule has 8 heteroatoms. The summed E-state index contributed by atoms with van der Waals surface area (Å²) >= 11 is -2.38. The highest BCUT2D eigenvalue weighted by Gasteiger charge is 2.26. The summed E-state index contributed by atoms with van der Waals surface area (Å²) in [5.41, 5.74) is 4.98. The van der Waals surface area contributed by atoms with Crippen LogP contribution in [0, 0.1) is 5.41 Å². The van der Waals surface area contributed by atoms with Gasteiger partial charge < -0.3 is 19.6 Å². The van der Waals surface area contributed by atoms with Gasteiger partial charge in [0.15, 0.2) is 0 Å². The molecule has 36 heavy (non-hydrogen) atoms. The third-order valence-electron chi connectivity index (χ3n) is 5.81. The number of rotatable bonds is 8. The van der Waals surface area contributed by atoms with Gasteiger partial charge >= 0.3 is 0 Å². The molecule has 1 aromatic heterocycles. The maximum atomic E-state index is 12.8. The predicted octanol–water partition coefficient (Wildman–Crippen LogP) is 5.40.